The zero-order chi connectivity index (χ0) is 24.0. The SMILES string of the molecule is CCOC(=O)c1c(NC(=O)/C=C/c2ccc([N+](=O)[O-])cc2)sc2c1CCN(C(=O)OCC)C2. The highest BCUT2D eigenvalue weighted by atomic mass is 32.1. The molecule has 10 nitrogen and oxygen atoms in total. The smallest absolute Gasteiger partial charge is 0.410 e. The van der Waals surface area contributed by atoms with E-state index in [0.717, 1.165) is 10.4 Å². The number of amides is 2. The molecule has 0 bridgehead atoms. The van der Waals surface area contributed by atoms with Crippen molar-refractivity contribution in [2.24, 2.45) is 0 Å². The number of benzene rings is 1. The number of hydrogen-bond donors (Lipinski definition) is 1. The largest absolute Gasteiger partial charge is 0.462 e. The number of anilines is 1. The number of carbonyl (C=O) groups excluding carboxylic acids is 3. The van der Waals surface area contributed by atoms with Crippen LogP contribution < -0.4 is 5.32 Å². The van der Waals surface area contributed by atoms with Gasteiger partial charge in [-0.3, -0.25) is 14.9 Å². The summed E-state index contributed by atoms with van der Waals surface area (Å²) in [7, 11) is 0. The quantitative estimate of drug-likeness (QED) is 0.279. The van der Waals surface area contributed by atoms with Crippen molar-refractivity contribution in [3.05, 3.63) is 62.0 Å². The van der Waals surface area contributed by atoms with Gasteiger partial charge in [0, 0.05) is 29.6 Å². The molecule has 0 unspecified atom stereocenters. The van der Waals surface area contributed by atoms with Gasteiger partial charge in [0.25, 0.3) is 5.69 Å². The number of esters is 1. The zero-order valence-corrected chi connectivity index (χ0v) is 19.0. The molecule has 0 fully saturated rings. The van der Waals surface area contributed by atoms with Crippen molar-refractivity contribution in [1.82, 2.24) is 4.90 Å². The van der Waals surface area contributed by atoms with E-state index in [1.54, 1.807) is 18.7 Å². The van der Waals surface area contributed by atoms with Crippen LogP contribution in [0.5, 0.6) is 0 Å². The van der Waals surface area contributed by atoms with Gasteiger partial charge in [0.2, 0.25) is 5.91 Å². The van der Waals surface area contributed by atoms with E-state index in [1.165, 1.54) is 47.8 Å². The molecule has 1 N–H and O–H groups in total. The third-order valence-corrected chi connectivity index (χ3v) is 5.96. The molecule has 0 radical (unpaired) electrons. The molecular weight excluding hydrogens is 450 g/mol. The van der Waals surface area contributed by atoms with Gasteiger partial charge in [0.1, 0.15) is 5.00 Å². The number of nitro benzene ring substituents is 1. The summed E-state index contributed by atoms with van der Waals surface area (Å²) in [5.41, 5.74) is 1.62. The number of fused-ring (bicyclic) bond motifs is 1. The number of nitro groups is 1. The molecule has 1 aliphatic heterocycles. The molecule has 0 aliphatic carbocycles. The van der Waals surface area contributed by atoms with E-state index in [0.29, 0.717) is 29.1 Å². The van der Waals surface area contributed by atoms with Crippen molar-refractivity contribution in [1.29, 1.82) is 0 Å². The molecule has 2 heterocycles. The second kappa shape index (κ2) is 10.7. The fraction of sp³-hybridized carbons (Fsp3) is 0.318. The lowest BCUT2D eigenvalue weighted by Crippen LogP contribution is -2.36. The number of hydrogen-bond acceptors (Lipinski definition) is 8. The number of nitrogens with zero attached hydrogens (tertiary/aromatic N) is 2. The standard InChI is InChI=1S/C22H23N3O7S/c1-3-31-21(27)19-16-11-12-24(22(28)32-4-2)13-17(16)33-20(19)23-18(26)10-7-14-5-8-15(9-6-14)25(29)30/h5-10H,3-4,11-13H2,1-2H3,(H,23,26)/b10-7+. The number of non-ortho nitro benzene ring substituents is 1. The van der Waals surface area contributed by atoms with Gasteiger partial charge in [-0.25, -0.2) is 9.59 Å². The van der Waals surface area contributed by atoms with Gasteiger partial charge in [-0.15, -0.1) is 11.3 Å². The molecule has 0 spiro atoms. The van der Waals surface area contributed by atoms with Crippen molar-refractivity contribution in [3.63, 3.8) is 0 Å². The molecule has 174 valence electrons. The van der Waals surface area contributed by atoms with Crippen molar-refractivity contribution in [3.8, 4) is 0 Å². The fourth-order valence-electron chi connectivity index (χ4n) is 3.31. The maximum absolute atomic E-state index is 12.6. The van der Waals surface area contributed by atoms with Crippen molar-refractivity contribution in [2.45, 2.75) is 26.8 Å². The molecule has 1 aliphatic rings. The first-order valence-corrected chi connectivity index (χ1v) is 11.1. The van der Waals surface area contributed by atoms with Crippen LogP contribution in [0.1, 0.15) is 40.2 Å². The van der Waals surface area contributed by atoms with Gasteiger partial charge < -0.3 is 19.7 Å². The van der Waals surface area contributed by atoms with Crippen LogP contribution in [0.15, 0.2) is 30.3 Å². The predicted molar refractivity (Wildman–Crippen MR) is 122 cm³/mol. The lowest BCUT2D eigenvalue weighted by Gasteiger charge is -2.26. The molecule has 2 aromatic rings. The van der Waals surface area contributed by atoms with E-state index in [-0.39, 0.29) is 25.4 Å². The summed E-state index contributed by atoms with van der Waals surface area (Å²) in [4.78, 5) is 49.8. The fourth-order valence-corrected chi connectivity index (χ4v) is 4.57. The molecule has 0 saturated heterocycles. The van der Waals surface area contributed by atoms with E-state index in [2.05, 4.69) is 5.32 Å². The molecular formula is C22H23N3O7S. The minimum absolute atomic E-state index is 0.0447. The molecule has 1 aromatic carbocycles. The van der Waals surface area contributed by atoms with E-state index >= 15 is 0 Å². The van der Waals surface area contributed by atoms with Crippen LogP contribution in [0.3, 0.4) is 0 Å². The Balaban J connectivity index is 1.80. The normalized spacial score (nSPS) is 12.8. The van der Waals surface area contributed by atoms with Crippen molar-refractivity contribution < 1.29 is 28.8 Å². The third-order valence-electron chi connectivity index (χ3n) is 4.83. The van der Waals surface area contributed by atoms with E-state index < -0.39 is 22.9 Å². The molecule has 2 amide bonds. The molecule has 0 atom stereocenters. The van der Waals surface area contributed by atoms with Gasteiger partial charge in [-0.1, -0.05) is 0 Å². The summed E-state index contributed by atoms with van der Waals surface area (Å²) in [5.74, 6) is -1.01. The van der Waals surface area contributed by atoms with E-state index in [9.17, 15) is 24.5 Å². The van der Waals surface area contributed by atoms with Gasteiger partial charge >= 0.3 is 12.1 Å². The Morgan fingerprint density at radius 2 is 1.88 bits per heavy atom. The minimum Gasteiger partial charge on any atom is -0.462 e. The van der Waals surface area contributed by atoms with Crippen LogP contribution in [-0.4, -0.2) is 47.6 Å². The highest BCUT2D eigenvalue weighted by Crippen LogP contribution is 2.38. The Hall–Kier alpha value is -3.73. The average molecular weight is 474 g/mol. The molecule has 1 aromatic heterocycles. The Kier molecular flexibility index (Phi) is 7.78. The number of nitrogens with one attached hydrogen (secondary N) is 1. The zero-order valence-electron chi connectivity index (χ0n) is 18.2. The summed E-state index contributed by atoms with van der Waals surface area (Å²) in [6.45, 7) is 4.55. The van der Waals surface area contributed by atoms with Crippen LogP contribution in [0, 0.1) is 10.1 Å². The second-order valence-electron chi connectivity index (χ2n) is 6.97. The number of thiophene rings is 1. The summed E-state index contributed by atoms with van der Waals surface area (Å²) >= 11 is 1.22. The Labute approximate surface area is 193 Å². The highest BCUT2D eigenvalue weighted by Gasteiger charge is 2.31. The first-order valence-electron chi connectivity index (χ1n) is 10.3. The van der Waals surface area contributed by atoms with Crippen LogP contribution in [0.25, 0.3) is 6.08 Å². The maximum Gasteiger partial charge on any atom is 0.410 e. The van der Waals surface area contributed by atoms with E-state index in [1.807, 2.05) is 0 Å². The van der Waals surface area contributed by atoms with Gasteiger partial charge in [0.15, 0.2) is 0 Å². The Bertz CT molecular complexity index is 1090. The average Bonchev–Trinajstić information content (AvgIpc) is 3.15. The molecule has 3 rings (SSSR count). The summed E-state index contributed by atoms with van der Waals surface area (Å²) in [6, 6.07) is 5.75. The lowest BCUT2D eigenvalue weighted by molar-refractivity contribution is -0.384. The number of rotatable bonds is 7. The van der Waals surface area contributed by atoms with Gasteiger partial charge in [-0.2, -0.15) is 0 Å². The lowest BCUT2D eigenvalue weighted by atomic mass is 10.0. The first kappa shape index (κ1) is 23.9. The van der Waals surface area contributed by atoms with Crippen molar-refractivity contribution >= 4 is 46.1 Å². The van der Waals surface area contributed by atoms with Crippen LogP contribution >= 0.6 is 11.3 Å². The molecule has 0 saturated carbocycles. The van der Waals surface area contributed by atoms with Crippen LogP contribution in [0.4, 0.5) is 15.5 Å². The Morgan fingerprint density at radius 3 is 2.52 bits per heavy atom. The van der Waals surface area contributed by atoms with Gasteiger partial charge in [0.05, 0.1) is 30.2 Å². The predicted octanol–water partition coefficient (Wildman–Crippen LogP) is 4.00. The number of carbonyl (C=O) groups is 3. The summed E-state index contributed by atoms with van der Waals surface area (Å²) in [6.07, 6.45) is 2.80. The van der Waals surface area contributed by atoms with Crippen LogP contribution in [-0.2, 0) is 27.2 Å². The highest BCUT2D eigenvalue weighted by molar-refractivity contribution is 7.17. The minimum atomic E-state index is -0.533. The maximum atomic E-state index is 12.6. The first-order chi connectivity index (χ1) is 15.8. The molecule has 11 heteroatoms. The van der Waals surface area contributed by atoms with Gasteiger partial charge in [-0.05, 0) is 49.6 Å². The number of ether oxygens (including phenoxy) is 2. The van der Waals surface area contributed by atoms with Crippen molar-refractivity contribution in [2.75, 3.05) is 25.1 Å². The van der Waals surface area contributed by atoms with Crippen LogP contribution in [0.2, 0.25) is 0 Å². The Morgan fingerprint density at radius 1 is 1.18 bits per heavy atom. The monoisotopic (exact) mass is 473 g/mol. The second-order valence-corrected chi connectivity index (χ2v) is 8.08. The topological polar surface area (TPSA) is 128 Å². The van der Waals surface area contributed by atoms with E-state index in [4.69, 9.17) is 9.47 Å². The molecule has 33 heavy (non-hydrogen) atoms. The third kappa shape index (κ3) is 5.75. The summed E-state index contributed by atoms with van der Waals surface area (Å²) < 4.78 is 10.2. The summed E-state index contributed by atoms with van der Waals surface area (Å²) in [5, 5.41) is 13.8.